The highest BCUT2D eigenvalue weighted by Gasteiger charge is 2.16. The number of esters is 1. The number of nitro benzene ring substituents is 1. The number of halogens is 2. The lowest BCUT2D eigenvalue weighted by molar-refractivity contribution is -0.384. The van der Waals surface area contributed by atoms with Crippen molar-refractivity contribution in [3.05, 3.63) is 92.0 Å². The minimum absolute atomic E-state index is 0.0848. The van der Waals surface area contributed by atoms with Crippen molar-refractivity contribution < 1.29 is 28.8 Å². The highest BCUT2D eigenvalue weighted by Crippen LogP contribution is 2.28. The van der Waals surface area contributed by atoms with E-state index in [1.807, 2.05) is 0 Å². The standard InChI is InChI=1S/C23H16Cl2N4O7/c1-35-20-8-13(2-7-19(20)36-23(32)14-3-5-18(6-4-14)29(33)34)12-26-28-22(31)21(30)27-17-10-15(24)9-16(25)11-17/h2-12H,1H3,(H,27,30)(H,28,31)/b26-12+. The van der Waals surface area contributed by atoms with Crippen LogP contribution < -0.4 is 20.2 Å². The van der Waals surface area contributed by atoms with Gasteiger partial charge in [0.2, 0.25) is 0 Å². The predicted molar refractivity (Wildman–Crippen MR) is 132 cm³/mol. The van der Waals surface area contributed by atoms with Crippen LogP contribution in [0.15, 0.2) is 65.8 Å². The number of methoxy groups -OCH3 is 1. The second-order valence-electron chi connectivity index (χ2n) is 6.92. The SMILES string of the molecule is COc1cc(/C=N/NC(=O)C(=O)Nc2cc(Cl)cc(Cl)c2)ccc1OC(=O)c1ccc([N+](=O)[O-])cc1. The normalized spacial score (nSPS) is 10.5. The van der Waals surface area contributed by atoms with Crippen LogP contribution in [0.25, 0.3) is 0 Å². The quantitative estimate of drug-likeness (QED) is 0.116. The molecule has 184 valence electrons. The summed E-state index contributed by atoms with van der Waals surface area (Å²) in [6, 6.07) is 13.7. The van der Waals surface area contributed by atoms with Crippen LogP contribution in [0, 0.1) is 10.1 Å². The molecule has 0 saturated carbocycles. The van der Waals surface area contributed by atoms with E-state index in [9.17, 15) is 24.5 Å². The van der Waals surface area contributed by atoms with Crippen molar-refractivity contribution in [1.29, 1.82) is 0 Å². The van der Waals surface area contributed by atoms with Crippen LogP contribution in [0.1, 0.15) is 15.9 Å². The molecule has 13 heteroatoms. The van der Waals surface area contributed by atoms with E-state index in [0.29, 0.717) is 5.56 Å². The summed E-state index contributed by atoms with van der Waals surface area (Å²) in [6.45, 7) is 0. The first-order valence-corrected chi connectivity index (χ1v) is 10.7. The van der Waals surface area contributed by atoms with Crippen molar-refractivity contribution in [3.63, 3.8) is 0 Å². The minimum Gasteiger partial charge on any atom is -0.493 e. The Bertz CT molecular complexity index is 1340. The van der Waals surface area contributed by atoms with Gasteiger partial charge in [-0.1, -0.05) is 23.2 Å². The summed E-state index contributed by atoms with van der Waals surface area (Å²) in [6.07, 6.45) is 1.24. The number of hydrazone groups is 1. The van der Waals surface area contributed by atoms with E-state index in [1.165, 1.54) is 74.0 Å². The Kier molecular flexibility index (Phi) is 8.55. The summed E-state index contributed by atoms with van der Waals surface area (Å²) in [7, 11) is 1.35. The van der Waals surface area contributed by atoms with Gasteiger partial charge in [-0.25, -0.2) is 10.2 Å². The summed E-state index contributed by atoms with van der Waals surface area (Å²) in [4.78, 5) is 46.5. The van der Waals surface area contributed by atoms with Gasteiger partial charge in [0.25, 0.3) is 5.69 Å². The summed E-state index contributed by atoms with van der Waals surface area (Å²) in [5.41, 5.74) is 2.71. The number of hydrogen-bond acceptors (Lipinski definition) is 8. The maximum atomic E-state index is 12.4. The van der Waals surface area contributed by atoms with Gasteiger partial charge in [-0.3, -0.25) is 19.7 Å². The molecule has 3 rings (SSSR count). The molecular weight excluding hydrogens is 515 g/mol. The maximum Gasteiger partial charge on any atom is 0.343 e. The van der Waals surface area contributed by atoms with Crippen LogP contribution in [-0.4, -0.2) is 36.0 Å². The number of amides is 2. The number of anilines is 1. The molecule has 36 heavy (non-hydrogen) atoms. The average molecular weight is 531 g/mol. The third-order valence-corrected chi connectivity index (χ3v) is 4.85. The molecule has 0 aliphatic carbocycles. The molecule has 0 saturated heterocycles. The number of hydrogen-bond donors (Lipinski definition) is 2. The Hall–Kier alpha value is -4.48. The van der Waals surface area contributed by atoms with Gasteiger partial charge < -0.3 is 14.8 Å². The summed E-state index contributed by atoms with van der Waals surface area (Å²) in [5.74, 6) is -2.51. The average Bonchev–Trinajstić information content (AvgIpc) is 2.84. The fourth-order valence-corrected chi connectivity index (χ4v) is 3.28. The zero-order valence-corrected chi connectivity index (χ0v) is 19.9. The highest BCUT2D eigenvalue weighted by molar-refractivity contribution is 6.40. The molecule has 0 spiro atoms. The van der Waals surface area contributed by atoms with Gasteiger partial charge >= 0.3 is 17.8 Å². The first-order valence-electron chi connectivity index (χ1n) is 9.91. The number of benzene rings is 3. The smallest absolute Gasteiger partial charge is 0.343 e. The number of nitro groups is 1. The van der Waals surface area contributed by atoms with Crippen LogP contribution in [-0.2, 0) is 9.59 Å². The van der Waals surface area contributed by atoms with Gasteiger partial charge in [0, 0.05) is 27.9 Å². The van der Waals surface area contributed by atoms with Gasteiger partial charge in [-0.05, 0) is 54.1 Å². The second-order valence-corrected chi connectivity index (χ2v) is 7.79. The Balaban J connectivity index is 1.61. The van der Waals surface area contributed by atoms with Crippen LogP contribution in [0.5, 0.6) is 11.5 Å². The lowest BCUT2D eigenvalue weighted by atomic mass is 10.2. The molecule has 0 radical (unpaired) electrons. The summed E-state index contributed by atoms with van der Waals surface area (Å²) >= 11 is 11.7. The molecule has 0 fully saturated rings. The number of carbonyl (C=O) groups excluding carboxylic acids is 3. The Morgan fingerprint density at radius 2 is 1.61 bits per heavy atom. The molecule has 0 bridgehead atoms. The fourth-order valence-electron chi connectivity index (χ4n) is 2.76. The summed E-state index contributed by atoms with van der Waals surface area (Å²) in [5, 5.41) is 17.4. The summed E-state index contributed by atoms with van der Waals surface area (Å²) < 4.78 is 10.5. The monoisotopic (exact) mass is 530 g/mol. The van der Waals surface area contributed by atoms with Gasteiger partial charge in [0.1, 0.15) is 0 Å². The number of rotatable bonds is 7. The molecular formula is C23H16Cl2N4O7. The van der Waals surface area contributed by atoms with Gasteiger partial charge in [0.15, 0.2) is 11.5 Å². The number of nitrogens with zero attached hydrogens (tertiary/aromatic N) is 2. The topological polar surface area (TPSA) is 149 Å². The Labute approximate surface area is 213 Å². The molecule has 0 atom stereocenters. The van der Waals surface area contributed by atoms with Crippen molar-refractivity contribution in [3.8, 4) is 11.5 Å². The zero-order chi connectivity index (χ0) is 26.2. The van der Waals surface area contributed by atoms with Crippen LogP contribution in [0.3, 0.4) is 0 Å². The molecule has 2 N–H and O–H groups in total. The molecule has 11 nitrogen and oxygen atoms in total. The van der Waals surface area contributed by atoms with Crippen molar-refractivity contribution in [2.75, 3.05) is 12.4 Å². The molecule has 0 aromatic heterocycles. The predicted octanol–water partition coefficient (Wildman–Crippen LogP) is 4.22. The van der Waals surface area contributed by atoms with E-state index >= 15 is 0 Å². The molecule has 2 amide bonds. The lowest BCUT2D eigenvalue weighted by Gasteiger charge is -2.10. The highest BCUT2D eigenvalue weighted by atomic mass is 35.5. The molecule has 0 aliphatic heterocycles. The molecule has 3 aromatic carbocycles. The number of nitrogens with one attached hydrogen (secondary N) is 2. The van der Waals surface area contributed by atoms with E-state index in [0.717, 1.165) is 0 Å². The molecule has 0 unspecified atom stereocenters. The first kappa shape index (κ1) is 26.1. The van der Waals surface area contributed by atoms with E-state index in [1.54, 1.807) is 0 Å². The number of carbonyl (C=O) groups is 3. The largest absolute Gasteiger partial charge is 0.493 e. The van der Waals surface area contributed by atoms with Crippen LogP contribution in [0.4, 0.5) is 11.4 Å². The molecule has 3 aromatic rings. The van der Waals surface area contributed by atoms with E-state index < -0.39 is 22.7 Å². The lowest BCUT2D eigenvalue weighted by Crippen LogP contribution is -2.32. The van der Waals surface area contributed by atoms with E-state index in [4.69, 9.17) is 32.7 Å². The molecule has 0 aliphatic rings. The third-order valence-electron chi connectivity index (χ3n) is 4.41. The Morgan fingerprint density at radius 3 is 2.22 bits per heavy atom. The van der Waals surface area contributed by atoms with E-state index in [-0.39, 0.29) is 38.5 Å². The van der Waals surface area contributed by atoms with Crippen molar-refractivity contribution >= 4 is 58.6 Å². The van der Waals surface area contributed by atoms with Crippen molar-refractivity contribution in [2.24, 2.45) is 5.10 Å². The van der Waals surface area contributed by atoms with Crippen molar-refractivity contribution in [1.82, 2.24) is 5.43 Å². The minimum atomic E-state index is -1.04. The molecule has 0 heterocycles. The first-order chi connectivity index (χ1) is 17.2. The number of ether oxygens (including phenoxy) is 2. The fraction of sp³-hybridized carbons (Fsp3) is 0.0435. The van der Waals surface area contributed by atoms with Gasteiger partial charge in [-0.2, -0.15) is 5.10 Å². The van der Waals surface area contributed by atoms with Crippen LogP contribution in [0.2, 0.25) is 10.0 Å². The second kappa shape index (κ2) is 11.8. The maximum absolute atomic E-state index is 12.4. The van der Waals surface area contributed by atoms with Gasteiger partial charge in [0.05, 0.1) is 23.8 Å². The number of non-ortho nitro benzene ring substituents is 1. The van der Waals surface area contributed by atoms with E-state index in [2.05, 4.69) is 15.8 Å². The third kappa shape index (κ3) is 7.01. The van der Waals surface area contributed by atoms with Gasteiger partial charge in [-0.15, -0.1) is 0 Å². The Morgan fingerprint density at radius 1 is 0.944 bits per heavy atom. The van der Waals surface area contributed by atoms with Crippen molar-refractivity contribution in [2.45, 2.75) is 0 Å². The van der Waals surface area contributed by atoms with Crippen LogP contribution >= 0.6 is 23.2 Å². The zero-order valence-electron chi connectivity index (χ0n) is 18.4.